The van der Waals surface area contributed by atoms with E-state index in [4.69, 9.17) is 4.98 Å². The molecule has 1 unspecified atom stereocenters. The summed E-state index contributed by atoms with van der Waals surface area (Å²) in [5.41, 5.74) is 3.33. The lowest BCUT2D eigenvalue weighted by Gasteiger charge is -2.37. The summed E-state index contributed by atoms with van der Waals surface area (Å²) >= 11 is 0. The van der Waals surface area contributed by atoms with Gasteiger partial charge in [0.25, 0.3) is 0 Å². The largest absolute Gasteiger partial charge is 0.373 e. The molecule has 6 heteroatoms. The van der Waals surface area contributed by atoms with Crippen molar-refractivity contribution in [2.75, 3.05) is 17.7 Å². The molecule has 0 amide bonds. The van der Waals surface area contributed by atoms with E-state index in [2.05, 4.69) is 60.2 Å². The zero-order valence-corrected chi connectivity index (χ0v) is 16.9. The monoisotopic (exact) mass is 354 g/mol. The Balaban J connectivity index is 1.97. The number of nitrogens with one attached hydrogen (secondary N) is 2. The summed E-state index contributed by atoms with van der Waals surface area (Å²) < 4.78 is 0. The van der Waals surface area contributed by atoms with E-state index in [0.717, 1.165) is 41.4 Å². The molecule has 0 aromatic carbocycles. The molecule has 0 saturated heterocycles. The Labute approximate surface area is 156 Å². The molecule has 0 fully saturated rings. The van der Waals surface area contributed by atoms with Crippen LogP contribution >= 0.6 is 0 Å². The Morgan fingerprint density at radius 3 is 2.54 bits per heavy atom. The van der Waals surface area contributed by atoms with Gasteiger partial charge in [-0.2, -0.15) is 4.98 Å². The van der Waals surface area contributed by atoms with Crippen LogP contribution < -0.4 is 10.6 Å². The molecule has 0 radical (unpaired) electrons. The maximum absolute atomic E-state index is 4.92. The normalized spacial score (nSPS) is 19.0. The highest BCUT2D eigenvalue weighted by atomic mass is 15.2. The van der Waals surface area contributed by atoms with Gasteiger partial charge in [0.1, 0.15) is 11.6 Å². The fourth-order valence-electron chi connectivity index (χ4n) is 3.45. The Kier molecular flexibility index (Phi) is 4.63. The molecule has 2 heterocycles. The Morgan fingerprint density at radius 2 is 1.88 bits per heavy atom. The summed E-state index contributed by atoms with van der Waals surface area (Å²) in [6.07, 6.45) is 3.94. The van der Waals surface area contributed by atoms with Crippen LogP contribution in [0, 0.1) is 12.3 Å². The number of fused-ring (bicyclic) bond motifs is 1. The topological polar surface area (TPSA) is 75.6 Å². The van der Waals surface area contributed by atoms with Crippen molar-refractivity contribution in [3.63, 3.8) is 0 Å². The van der Waals surface area contributed by atoms with Crippen molar-refractivity contribution < 1.29 is 0 Å². The molecule has 0 aliphatic heterocycles. The fraction of sp³-hybridized carbons (Fsp3) is 0.600. The number of rotatable bonds is 3. The van der Waals surface area contributed by atoms with Gasteiger partial charge in [0.15, 0.2) is 0 Å². The SMILES string of the molecule is CNc1cc(C)nc(NC2CC(C)(C)Cc3nc(C(C)(C)C)ncc32)n1. The summed E-state index contributed by atoms with van der Waals surface area (Å²) in [7, 11) is 1.87. The van der Waals surface area contributed by atoms with Crippen LogP contribution in [0.25, 0.3) is 0 Å². The maximum atomic E-state index is 4.92. The molecule has 3 rings (SSSR count). The minimum atomic E-state index is -0.0547. The predicted octanol–water partition coefficient (Wildman–Crippen LogP) is 4.04. The van der Waals surface area contributed by atoms with Crippen molar-refractivity contribution in [2.24, 2.45) is 5.41 Å². The highest BCUT2D eigenvalue weighted by Crippen LogP contribution is 2.41. The lowest BCUT2D eigenvalue weighted by molar-refractivity contribution is 0.284. The molecular formula is C20H30N6. The third-order valence-electron chi connectivity index (χ3n) is 4.76. The van der Waals surface area contributed by atoms with Gasteiger partial charge in [0, 0.05) is 41.7 Å². The van der Waals surface area contributed by atoms with Crippen LogP contribution in [0.3, 0.4) is 0 Å². The molecule has 1 aliphatic carbocycles. The Hall–Kier alpha value is -2.24. The molecule has 2 N–H and O–H groups in total. The molecule has 6 nitrogen and oxygen atoms in total. The van der Waals surface area contributed by atoms with Gasteiger partial charge >= 0.3 is 0 Å². The first-order valence-electron chi connectivity index (χ1n) is 9.24. The molecule has 140 valence electrons. The van der Waals surface area contributed by atoms with Crippen LogP contribution in [-0.2, 0) is 11.8 Å². The van der Waals surface area contributed by atoms with Crippen molar-refractivity contribution in [1.29, 1.82) is 0 Å². The number of anilines is 2. The zero-order chi connectivity index (χ0) is 19.1. The summed E-state index contributed by atoms with van der Waals surface area (Å²) in [5.74, 6) is 2.36. The highest BCUT2D eigenvalue weighted by Gasteiger charge is 2.35. The Bertz CT molecular complexity index is 806. The molecule has 2 aromatic heterocycles. The first-order valence-corrected chi connectivity index (χ1v) is 9.24. The minimum absolute atomic E-state index is 0.0547. The van der Waals surface area contributed by atoms with Crippen molar-refractivity contribution in [2.45, 2.75) is 65.8 Å². The van der Waals surface area contributed by atoms with Gasteiger partial charge < -0.3 is 10.6 Å². The second kappa shape index (κ2) is 6.49. The molecule has 1 aliphatic rings. The minimum Gasteiger partial charge on any atom is -0.373 e. The van der Waals surface area contributed by atoms with E-state index < -0.39 is 0 Å². The standard InChI is InChI=1S/C20H30N6/c1-12-8-16(21-7)26-18(23-12)25-15-10-20(5,6)9-14-13(15)11-22-17(24-14)19(2,3)4/h8,11,15H,9-10H2,1-7H3,(H2,21,23,25,26). The number of hydrogen-bond donors (Lipinski definition) is 2. The second-order valence-corrected chi connectivity index (χ2v) is 9.06. The van der Waals surface area contributed by atoms with Crippen LogP contribution in [0.1, 0.15) is 69.9 Å². The smallest absolute Gasteiger partial charge is 0.225 e. The molecule has 0 bridgehead atoms. The summed E-state index contributed by atoms with van der Waals surface area (Å²) in [6, 6.07) is 2.04. The molecule has 0 saturated carbocycles. The van der Waals surface area contributed by atoms with E-state index in [9.17, 15) is 0 Å². The first kappa shape index (κ1) is 18.5. The summed E-state index contributed by atoms with van der Waals surface area (Å²) in [6.45, 7) is 13.0. The molecular weight excluding hydrogens is 324 g/mol. The average Bonchev–Trinajstić information content (AvgIpc) is 2.51. The molecule has 26 heavy (non-hydrogen) atoms. The maximum Gasteiger partial charge on any atom is 0.225 e. The quantitative estimate of drug-likeness (QED) is 0.866. The summed E-state index contributed by atoms with van der Waals surface area (Å²) in [5, 5.41) is 6.61. The highest BCUT2D eigenvalue weighted by molar-refractivity contribution is 5.44. The van der Waals surface area contributed by atoms with Crippen LogP contribution in [-0.4, -0.2) is 27.0 Å². The van der Waals surface area contributed by atoms with Gasteiger partial charge in [0.05, 0.1) is 6.04 Å². The lowest BCUT2D eigenvalue weighted by atomic mass is 9.74. The molecule has 2 aromatic rings. The summed E-state index contributed by atoms with van der Waals surface area (Å²) in [4.78, 5) is 18.7. The number of nitrogens with zero attached hydrogens (tertiary/aromatic N) is 4. The van der Waals surface area contributed by atoms with E-state index >= 15 is 0 Å². The number of aryl methyl sites for hydroxylation is 1. The Morgan fingerprint density at radius 1 is 1.15 bits per heavy atom. The van der Waals surface area contributed by atoms with E-state index in [-0.39, 0.29) is 16.9 Å². The third kappa shape index (κ3) is 3.94. The van der Waals surface area contributed by atoms with Gasteiger partial charge in [-0.15, -0.1) is 0 Å². The van der Waals surface area contributed by atoms with Crippen molar-refractivity contribution >= 4 is 11.8 Å². The van der Waals surface area contributed by atoms with Gasteiger partial charge in [0.2, 0.25) is 5.95 Å². The third-order valence-corrected chi connectivity index (χ3v) is 4.76. The molecule has 1 atom stereocenters. The number of hydrogen-bond acceptors (Lipinski definition) is 6. The van der Waals surface area contributed by atoms with Crippen LogP contribution in [0.5, 0.6) is 0 Å². The number of aromatic nitrogens is 4. The van der Waals surface area contributed by atoms with Gasteiger partial charge in [-0.25, -0.2) is 15.0 Å². The van der Waals surface area contributed by atoms with Crippen molar-refractivity contribution in [3.05, 3.63) is 35.0 Å². The zero-order valence-electron chi connectivity index (χ0n) is 16.9. The van der Waals surface area contributed by atoms with Gasteiger partial charge in [-0.05, 0) is 25.2 Å². The second-order valence-electron chi connectivity index (χ2n) is 9.06. The van der Waals surface area contributed by atoms with E-state index in [0.29, 0.717) is 5.95 Å². The van der Waals surface area contributed by atoms with Gasteiger partial charge in [-0.1, -0.05) is 34.6 Å². The van der Waals surface area contributed by atoms with Crippen LogP contribution in [0.4, 0.5) is 11.8 Å². The predicted molar refractivity (Wildman–Crippen MR) is 106 cm³/mol. The molecule has 0 spiro atoms. The van der Waals surface area contributed by atoms with Gasteiger partial charge in [-0.3, -0.25) is 0 Å². The lowest BCUT2D eigenvalue weighted by Crippen LogP contribution is -2.32. The van der Waals surface area contributed by atoms with E-state index in [1.807, 2.05) is 26.2 Å². The fourth-order valence-corrected chi connectivity index (χ4v) is 3.45. The average molecular weight is 355 g/mol. The van der Waals surface area contributed by atoms with E-state index in [1.54, 1.807) is 0 Å². The van der Waals surface area contributed by atoms with Crippen LogP contribution in [0.15, 0.2) is 12.3 Å². The van der Waals surface area contributed by atoms with Crippen LogP contribution in [0.2, 0.25) is 0 Å². The van der Waals surface area contributed by atoms with E-state index in [1.165, 1.54) is 0 Å². The van der Waals surface area contributed by atoms with Crippen molar-refractivity contribution in [3.8, 4) is 0 Å². The first-order chi connectivity index (χ1) is 12.1. The van der Waals surface area contributed by atoms with Crippen molar-refractivity contribution in [1.82, 2.24) is 19.9 Å².